The Labute approximate surface area is 188 Å². The molecule has 11 nitrogen and oxygen atoms in total. The Hall–Kier alpha value is -3.41. The van der Waals surface area contributed by atoms with Crippen LogP contribution in [0, 0.1) is 0 Å². The molecule has 1 atom stereocenters. The smallest absolute Gasteiger partial charge is 0.407 e. The Morgan fingerprint density at radius 3 is 2.81 bits per heavy atom. The average molecular weight is 459 g/mol. The largest absolute Gasteiger partial charge is 0.444 e. The number of rotatable bonds is 4. The number of carbonyl (C=O) groups excluding carboxylic acids is 2. The molecule has 0 unspecified atom stereocenters. The lowest BCUT2D eigenvalue weighted by atomic mass is 10.1. The van der Waals surface area contributed by atoms with Gasteiger partial charge in [0, 0.05) is 24.5 Å². The summed E-state index contributed by atoms with van der Waals surface area (Å²) in [5, 5.41) is 9.52. The molecule has 4 heterocycles. The highest BCUT2D eigenvalue weighted by molar-refractivity contribution is 7.13. The molecule has 0 radical (unpaired) electrons. The number of aromatic nitrogens is 4. The first-order valence-corrected chi connectivity index (χ1v) is 11.1. The number of nitrogens with one attached hydrogen (secondary N) is 1. The van der Waals surface area contributed by atoms with Gasteiger partial charge >= 0.3 is 6.09 Å². The second-order valence-corrected chi connectivity index (χ2v) is 9.51. The number of piperidine rings is 1. The molecular weight excluding hydrogens is 432 g/mol. The molecule has 1 saturated heterocycles. The SMILES string of the molecule is CC(C)(C)OC(=O)N[C@@H]1CCCN(c2cc(-c3nc(C(N)=O)cs3)n3ncnc(N)c23)C1. The van der Waals surface area contributed by atoms with E-state index in [0.717, 1.165) is 25.1 Å². The van der Waals surface area contributed by atoms with Crippen LogP contribution in [-0.4, -0.2) is 56.3 Å². The highest BCUT2D eigenvalue weighted by atomic mass is 32.1. The van der Waals surface area contributed by atoms with Crippen molar-refractivity contribution in [3.8, 4) is 10.7 Å². The first-order chi connectivity index (χ1) is 15.1. The van der Waals surface area contributed by atoms with Gasteiger partial charge in [-0.25, -0.2) is 19.3 Å². The van der Waals surface area contributed by atoms with Gasteiger partial charge in [-0.2, -0.15) is 5.10 Å². The Bertz CT molecular complexity index is 1170. The molecule has 0 saturated carbocycles. The third-order valence-corrected chi connectivity index (χ3v) is 5.89. The zero-order chi connectivity index (χ0) is 23.0. The van der Waals surface area contributed by atoms with Gasteiger partial charge in [-0.05, 0) is 39.7 Å². The minimum atomic E-state index is -0.588. The van der Waals surface area contributed by atoms with Crippen LogP contribution in [-0.2, 0) is 4.74 Å². The van der Waals surface area contributed by atoms with Gasteiger partial charge in [0.15, 0.2) is 5.82 Å². The van der Waals surface area contributed by atoms with Crippen molar-refractivity contribution >= 4 is 40.4 Å². The van der Waals surface area contributed by atoms with E-state index in [0.29, 0.717) is 28.6 Å². The van der Waals surface area contributed by atoms with Crippen molar-refractivity contribution in [1.29, 1.82) is 0 Å². The molecule has 0 spiro atoms. The summed E-state index contributed by atoms with van der Waals surface area (Å²) >= 11 is 1.30. The number of fused-ring (bicyclic) bond motifs is 1. The maximum atomic E-state index is 12.2. The molecular formula is C20H26N8O3S. The summed E-state index contributed by atoms with van der Waals surface area (Å²) in [4.78, 5) is 34.4. The molecule has 32 heavy (non-hydrogen) atoms. The summed E-state index contributed by atoms with van der Waals surface area (Å²) in [6.45, 7) is 6.86. The van der Waals surface area contributed by atoms with Crippen molar-refractivity contribution in [2.45, 2.75) is 45.3 Å². The quantitative estimate of drug-likeness (QED) is 0.536. The minimum Gasteiger partial charge on any atom is -0.444 e. The first-order valence-electron chi connectivity index (χ1n) is 10.2. The van der Waals surface area contributed by atoms with Crippen molar-refractivity contribution in [3.63, 3.8) is 0 Å². The van der Waals surface area contributed by atoms with Crippen LogP contribution in [0.15, 0.2) is 17.8 Å². The van der Waals surface area contributed by atoms with Crippen LogP contribution < -0.4 is 21.7 Å². The topological polar surface area (TPSA) is 154 Å². The number of ether oxygens (including phenoxy) is 1. The highest BCUT2D eigenvalue weighted by Gasteiger charge is 2.28. The minimum absolute atomic E-state index is 0.0795. The molecule has 1 fully saturated rings. The number of nitrogens with zero attached hydrogens (tertiary/aromatic N) is 5. The third kappa shape index (κ3) is 4.44. The molecule has 3 aromatic rings. The summed E-state index contributed by atoms with van der Waals surface area (Å²) < 4.78 is 7.07. The Morgan fingerprint density at radius 2 is 2.12 bits per heavy atom. The zero-order valence-electron chi connectivity index (χ0n) is 18.2. The maximum Gasteiger partial charge on any atom is 0.407 e. The van der Waals surface area contributed by atoms with E-state index < -0.39 is 17.6 Å². The third-order valence-electron chi connectivity index (χ3n) is 5.02. The highest BCUT2D eigenvalue weighted by Crippen LogP contribution is 2.36. The van der Waals surface area contributed by atoms with Crippen molar-refractivity contribution in [1.82, 2.24) is 24.9 Å². The molecule has 0 bridgehead atoms. The van der Waals surface area contributed by atoms with Crippen molar-refractivity contribution < 1.29 is 14.3 Å². The number of carbonyl (C=O) groups is 2. The number of primary amides is 1. The van der Waals surface area contributed by atoms with Crippen LogP contribution >= 0.6 is 11.3 Å². The summed E-state index contributed by atoms with van der Waals surface area (Å²) in [6.07, 6.45) is 2.66. The molecule has 2 amide bonds. The van der Waals surface area contributed by atoms with Crippen molar-refractivity contribution in [3.05, 3.63) is 23.5 Å². The number of anilines is 2. The Morgan fingerprint density at radius 1 is 1.34 bits per heavy atom. The van der Waals surface area contributed by atoms with E-state index in [2.05, 4.69) is 25.3 Å². The van der Waals surface area contributed by atoms with Gasteiger partial charge in [0.2, 0.25) is 0 Å². The van der Waals surface area contributed by atoms with E-state index >= 15 is 0 Å². The predicted molar refractivity (Wildman–Crippen MR) is 122 cm³/mol. The fraction of sp³-hybridized carbons (Fsp3) is 0.450. The van der Waals surface area contributed by atoms with Crippen LogP contribution in [0.5, 0.6) is 0 Å². The van der Waals surface area contributed by atoms with Gasteiger partial charge in [-0.3, -0.25) is 4.79 Å². The fourth-order valence-corrected chi connectivity index (χ4v) is 4.54. The van der Waals surface area contributed by atoms with Gasteiger partial charge in [-0.1, -0.05) is 0 Å². The molecule has 0 aromatic carbocycles. The van der Waals surface area contributed by atoms with E-state index in [1.807, 2.05) is 26.8 Å². The number of hydrogen-bond acceptors (Lipinski definition) is 9. The monoisotopic (exact) mass is 458 g/mol. The van der Waals surface area contributed by atoms with Crippen molar-refractivity contribution in [2.75, 3.05) is 23.7 Å². The molecule has 0 aliphatic carbocycles. The van der Waals surface area contributed by atoms with Crippen LogP contribution in [0.3, 0.4) is 0 Å². The maximum absolute atomic E-state index is 12.2. The summed E-state index contributed by atoms with van der Waals surface area (Å²) in [7, 11) is 0. The number of alkyl carbamates (subject to hydrolysis) is 1. The number of amides is 2. The summed E-state index contributed by atoms with van der Waals surface area (Å²) in [5.74, 6) is -0.259. The average Bonchev–Trinajstić information content (AvgIpc) is 3.32. The lowest BCUT2D eigenvalue weighted by molar-refractivity contribution is 0.0500. The van der Waals surface area contributed by atoms with Gasteiger partial charge < -0.3 is 26.4 Å². The van der Waals surface area contributed by atoms with E-state index in [9.17, 15) is 9.59 Å². The molecule has 3 aromatic heterocycles. The standard InChI is InChI=1S/C20H26N8O3S/c1-20(2,3)31-19(30)25-11-5-4-6-27(8-11)13-7-14(18-26-12(9-32-18)17(22)29)28-15(13)16(21)23-10-24-28/h7,9-11H,4-6,8H2,1-3H3,(H2,22,29)(H,25,30)(H2,21,23,24)/t11-/m1/s1. The molecule has 5 N–H and O–H groups in total. The predicted octanol–water partition coefficient (Wildman–Crippen LogP) is 2.03. The first kappa shape index (κ1) is 21.8. The Kier molecular flexibility index (Phi) is 5.63. The van der Waals surface area contributed by atoms with Crippen LogP contribution in [0.4, 0.5) is 16.3 Å². The normalized spacial score (nSPS) is 16.8. The Balaban J connectivity index is 1.65. The summed E-state index contributed by atoms with van der Waals surface area (Å²) in [6, 6.07) is 1.85. The van der Waals surface area contributed by atoms with Crippen LogP contribution in [0.25, 0.3) is 16.2 Å². The van der Waals surface area contributed by atoms with Gasteiger partial charge in [-0.15, -0.1) is 11.3 Å². The number of nitrogens with two attached hydrogens (primary N) is 2. The molecule has 170 valence electrons. The summed E-state index contributed by atoms with van der Waals surface area (Å²) in [5.41, 5.74) is 13.4. The van der Waals surface area contributed by atoms with E-state index in [1.165, 1.54) is 17.7 Å². The molecule has 1 aliphatic rings. The van der Waals surface area contributed by atoms with Crippen LogP contribution in [0.2, 0.25) is 0 Å². The van der Waals surface area contributed by atoms with Crippen LogP contribution in [0.1, 0.15) is 44.1 Å². The number of thiazole rings is 1. The van der Waals surface area contributed by atoms with Crippen molar-refractivity contribution in [2.24, 2.45) is 5.73 Å². The molecule has 12 heteroatoms. The lowest BCUT2D eigenvalue weighted by Gasteiger charge is -2.34. The molecule has 1 aliphatic heterocycles. The van der Waals surface area contributed by atoms with E-state index in [-0.39, 0.29) is 11.7 Å². The van der Waals surface area contributed by atoms with Gasteiger partial charge in [0.05, 0.1) is 5.69 Å². The van der Waals surface area contributed by atoms with Gasteiger partial charge in [0.25, 0.3) is 5.91 Å². The van der Waals surface area contributed by atoms with E-state index in [1.54, 1.807) is 9.90 Å². The van der Waals surface area contributed by atoms with Gasteiger partial charge in [0.1, 0.15) is 33.8 Å². The second kappa shape index (κ2) is 8.26. The second-order valence-electron chi connectivity index (χ2n) is 8.65. The fourth-order valence-electron chi connectivity index (χ4n) is 3.73. The molecule has 4 rings (SSSR count). The zero-order valence-corrected chi connectivity index (χ0v) is 19.0. The lowest BCUT2D eigenvalue weighted by Crippen LogP contribution is -2.49. The van der Waals surface area contributed by atoms with E-state index in [4.69, 9.17) is 16.2 Å². The number of nitrogen functional groups attached to an aromatic ring is 1. The number of hydrogen-bond donors (Lipinski definition) is 3.